The molecule has 0 aliphatic heterocycles. The number of halogens is 1. The molecule has 4 rings (SSSR count). The quantitative estimate of drug-likeness (QED) is 0.144. The largest absolute Gasteiger partial charge is 0.478 e. The lowest BCUT2D eigenvalue weighted by atomic mass is 10.1. The number of hydrogen-bond acceptors (Lipinski definition) is 5. The van der Waals surface area contributed by atoms with Gasteiger partial charge in [-0.3, -0.25) is 14.4 Å². The third kappa shape index (κ3) is 8.64. The van der Waals surface area contributed by atoms with E-state index in [9.17, 15) is 23.6 Å². The van der Waals surface area contributed by atoms with E-state index in [1.807, 2.05) is 0 Å². The van der Waals surface area contributed by atoms with E-state index in [-0.39, 0.29) is 22.9 Å². The molecule has 0 saturated heterocycles. The van der Waals surface area contributed by atoms with Crippen molar-refractivity contribution in [2.45, 2.75) is 4.90 Å². The van der Waals surface area contributed by atoms with Crippen molar-refractivity contribution >= 4 is 52.9 Å². The van der Waals surface area contributed by atoms with Gasteiger partial charge < -0.3 is 21.1 Å². The summed E-state index contributed by atoms with van der Waals surface area (Å²) < 4.78 is 13.4. The fraction of sp³-hybridized carbons (Fsp3) is 0.0323. The van der Waals surface area contributed by atoms with E-state index in [0.717, 1.165) is 0 Å². The molecule has 206 valence electrons. The predicted octanol–water partition coefficient (Wildman–Crippen LogP) is 5.66. The number of aromatic carboxylic acids is 1. The summed E-state index contributed by atoms with van der Waals surface area (Å²) in [4.78, 5) is 50.2. The Kier molecular flexibility index (Phi) is 9.63. The number of amides is 3. The molecule has 0 aliphatic carbocycles. The summed E-state index contributed by atoms with van der Waals surface area (Å²) in [5.41, 5.74) is 1.67. The first-order chi connectivity index (χ1) is 19.8. The zero-order chi connectivity index (χ0) is 29.2. The first-order valence-electron chi connectivity index (χ1n) is 12.3. The summed E-state index contributed by atoms with van der Waals surface area (Å²) in [6.45, 7) is 0. The van der Waals surface area contributed by atoms with Gasteiger partial charge in [0.05, 0.1) is 11.3 Å². The average molecular weight is 570 g/mol. The van der Waals surface area contributed by atoms with Crippen LogP contribution in [0.5, 0.6) is 0 Å². The van der Waals surface area contributed by atoms with E-state index in [0.29, 0.717) is 27.4 Å². The standard InChI is InChI=1S/C31H24FN3O5S/c32-23-14-12-20(13-15-23)16-27(35-29(37)21-6-2-1-3-7-21)30(38)34-25-10-5-11-26(18-25)41-19-28(36)33-24-9-4-8-22(17-24)31(39)40/h1-18H,19H2,(H,33,36)(H,34,38)(H,35,37)(H,39,40)/b27-16-. The van der Waals surface area contributed by atoms with Crippen molar-refractivity contribution in [3.63, 3.8) is 0 Å². The van der Waals surface area contributed by atoms with Crippen LogP contribution in [0.2, 0.25) is 0 Å². The maximum Gasteiger partial charge on any atom is 0.335 e. The molecule has 0 fully saturated rings. The topological polar surface area (TPSA) is 125 Å². The molecular weight excluding hydrogens is 545 g/mol. The number of anilines is 2. The molecule has 0 aliphatic rings. The van der Waals surface area contributed by atoms with E-state index >= 15 is 0 Å². The Morgan fingerprint density at radius 3 is 2.12 bits per heavy atom. The van der Waals surface area contributed by atoms with Crippen molar-refractivity contribution in [2.24, 2.45) is 0 Å². The molecule has 4 aromatic carbocycles. The maximum atomic E-state index is 13.4. The summed E-state index contributed by atoms with van der Waals surface area (Å²) in [6, 6.07) is 26.6. The summed E-state index contributed by atoms with van der Waals surface area (Å²) in [7, 11) is 0. The molecule has 0 saturated carbocycles. The fourth-order valence-corrected chi connectivity index (χ4v) is 4.36. The molecule has 0 spiro atoms. The van der Waals surface area contributed by atoms with Crippen molar-refractivity contribution in [3.05, 3.63) is 131 Å². The van der Waals surface area contributed by atoms with Gasteiger partial charge in [-0.2, -0.15) is 0 Å². The summed E-state index contributed by atoms with van der Waals surface area (Å²) in [5, 5.41) is 17.2. The molecule has 0 bridgehead atoms. The fourth-order valence-electron chi connectivity index (χ4n) is 3.61. The minimum absolute atomic E-state index is 0.0392. The Morgan fingerprint density at radius 2 is 1.41 bits per heavy atom. The van der Waals surface area contributed by atoms with Crippen LogP contribution >= 0.6 is 11.8 Å². The Morgan fingerprint density at radius 1 is 0.756 bits per heavy atom. The molecular formula is C31H24FN3O5S. The second-order valence-electron chi connectivity index (χ2n) is 8.63. The highest BCUT2D eigenvalue weighted by Gasteiger charge is 2.16. The van der Waals surface area contributed by atoms with Gasteiger partial charge in [-0.15, -0.1) is 11.8 Å². The van der Waals surface area contributed by atoms with Crippen LogP contribution in [-0.4, -0.2) is 34.6 Å². The van der Waals surface area contributed by atoms with E-state index in [4.69, 9.17) is 5.11 Å². The van der Waals surface area contributed by atoms with Gasteiger partial charge in [-0.1, -0.05) is 42.5 Å². The van der Waals surface area contributed by atoms with Crippen LogP contribution in [0, 0.1) is 5.82 Å². The van der Waals surface area contributed by atoms with Crippen molar-refractivity contribution in [2.75, 3.05) is 16.4 Å². The normalized spacial score (nSPS) is 10.9. The molecule has 8 nitrogen and oxygen atoms in total. The highest BCUT2D eigenvalue weighted by atomic mass is 32.2. The van der Waals surface area contributed by atoms with Crippen molar-refractivity contribution in [1.82, 2.24) is 5.32 Å². The Bertz CT molecular complexity index is 1610. The third-order valence-corrected chi connectivity index (χ3v) is 6.56. The summed E-state index contributed by atoms with van der Waals surface area (Å²) in [6.07, 6.45) is 1.44. The minimum atomic E-state index is -1.09. The van der Waals surface area contributed by atoms with Crippen LogP contribution in [0.15, 0.2) is 114 Å². The van der Waals surface area contributed by atoms with Gasteiger partial charge in [0.2, 0.25) is 5.91 Å². The monoisotopic (exact) mass is 569 g/mol. The predicted molar refractivity (Wildman–Crippen MR) is 156 cm³/mol. The van der Waals surface area contributed by atoms with Crippen LogP contribution in [0.4, 0.5) is 15.8 Å². The number of nitrogens with one attached hydrogen (secondary N) is 3. The highest BCUT2D eigenvalue weighted by molar-refractivity contribution is 8.00. The third-order valence-electron chi connectivity index (χ3n) is 5.56. The van der Waals surface area contributed by atoms with Gasteiger partial charge in [-0.25, -0.2) is 9.18 Å². The first kappa shape index (κ1) is 28.8. The SMILES string of the molecule is O=C(CSc1cccc(NC(=O)/C(=C/c2ccc(F)cc2)NC(=O)c2ccccc2)c1)Nc1cccc(C(=O)O)c1. The van der Waals surface area contributed by atoms with Crippen LogP contribution in [-0.2, 0) is 9.59 Å². The lowest BCUT2D eigenvalue weighted by Gasteiger charge is -2.12. The van der Waals surface area contributed by atoms with Gasteiger partial charge in [0.25, 0.3) is 11.8 Å². The lowest BCUT2D eigenvalue weighted by molar-refractivity contribution is -0.114. The van der Waals surface area contributed by atoms with Gasteiger partial charge in [0.15, 0.2) is 0 Å². The number of carbonyl (C=O) groups is 4. The van der Waals surface area contributed by atoms with Crippen LogP contribution in [0.1, 0.15) is 26.3 Å². The minimum Gasteiger partial charge on any atom is -0.478 e. The lowest BCUT2D eigenvalue weighted by Crippen LogP contribution is -2.30. The molecule has 0 radical (unpaired) electrons. The Labute approximate surface area is 239 Å². The van der Waals surface area contributed by atoms with Gasteiger partial charge in [-0.05, 0) is 72.3 Å². The second kappa shape index (κ2) is 13.7. The molecule has 0 heterocycles. The molecule has 10 heteroatoms. The number of carboxylic acid groups (broad SMARTS) is 1. The average Bonchev–Trinajstić information content (AvgIpc) is 2.97. The van der Waals surface area contributed by atoms with Gasteiger partial charge in [0, 0.05) is 21.8 Å². The summed E-state index contributed by atoms with van der Waals surface area (Å²) >= 11 is 1.22. The van der Waals surface area contributed by atoms with E-state index in [2.05, 4.69) is 16.0 Å². The molecule has 0 aromatic heterocycles. The first-order valence-corrected chi connectivity index (χ1v) is 13.3. The van der Waals surface area contributed by atoms with Gasteiger partial charge in [0.1, 0.15) is 11.5 Å². The highest BCUT2D eigenvalue weighted by Crippen LogP contribution is 2.23. The second-order valence-corrected chi connectivity index (χ2v) is 9.68. The number of rotatable bonds is 10. The van der Waals surface area contributed by atoms with Crippen molar-refractivity contribution in [1.29, 1.82) is 0 Å². The molecule has 3 amide bonds. The van der Waals surface area contributed by atoms with Crippen molar-refractivity contribution in [3.8, 4) is 0 Å². The zero-order valence-corrected chi connectivity index (χ0v) is 22.3. The number of benzene rings is 4. The van der Waals surface area contributed by atoms with Crippen LogP contribution in [0.3, 0.4) is 0 Å². The number of hydrogen-bond donors (Lipinski definition) is 4. The molecule has 4 aromatic rings. The van der Waals surface area contributed by atoms with Crippen LogP contribution < -0.4 is 16.0 Å². The molecule has 4 N–H and O–H groups in total. The number of carbonyl (C=O) groups excluding carboxylic acids is 3. The van der Waals surface area contributed by atoms with E-state index in [1.54, 1.807) is 66.7 Å². The smallest absolute Gasteiger partial charge is 0.335 e. The number of thioether (sulfide) groups is 1. The zero-order valence-electron chi connectivity index (χ0n) is 21.5. The molecule has 0 atom stereocenters. The maximum absolute atomic E-state index is 13.4. The van der Waals surface area contributed by atoms with Gasteiger partial charge >= 0.3 is 5.97 Å². The molecule has 41 heavy (non-hydrogen) atoms. The van der Waals surface area contributed by atoms with Crippen molar-refractivity contribution < 1.29 is 28.7 Å². The molecule has 0 unspecified atom stereocenters. The Balaban J connectivity index is 1.43. The Hall–Kier alpha value is -5.22. The van der Waals surface area contributed by atoms with E-state index < -0.39 is 23.6 Å². The van der Waals surface area contributed by atoms with Crippen LogP contribution in [0.25, 0.3) is 6.08 Å². The number of carboxylic acids is 1. The summed E-state index contributed by atoms with van der Waals surface area (Å²) in [5.74, 6) is -2.91. The van der Waals surface area contributed by atoms with E-state index in [1.165, 1.54) is 54.2 Å².